The zero-order valence-corrected chi connectivity index (χ0v) is 26.9. The quantitative estimate of drug-likeness (QED) is 0.471. The number of halogens is 1. The molecule has 0 unspecified atom stereocenters. The summed E-state index contributed by atoms with van der Waals surface area (Å²) in [5, 5.41) is 3.17. The zero-order valence-electron chi connectivity index (χ0n) is 26.1. The minimum Gasteiger partial charge on any atom is -0.438 e. The average molecular weight is 639 g/mol. The van der Waals surface area contributed by atoms with Crippen molar-refractivity contribution in [3.8, 4) is 0 Å². The van der Waals surface area contributed by atoms with Gasteiger partial charge in [0.05, 0.1) is 16.4 Å². The minimum absolute atomic E-state index is 0.193. The number of rotatable bonds is 5. The van der Waals surface area contributed by atoms with Crippen LogP contribution < -0.4 is 11.1 Å². The Labute approximate surface area is 269 Å². The number of likely N-dealkylation sites (tertiary alicyclic amines) is 2. The van der Waals surface area contributed by atoms with Gasteiger partial charge in [-0.25, -0.2) is 9.59 Å². The summed E-state index contributed by atoms with van der Waals surface area (Å²) in [7, 11) is 2.15. The molecule has 242 valence electrons. The Morgan fingerprint density at radius 1 is 1.04 bits per heavy atom. The van der Waals surface area contributed by atoms with Crippen LogP contribution in [0.2, 0.25) is 5.02 Å². The summed E-state index contributed by atoms with van der Waals surface area (Å²) < 4.78 is 11.8. The first-order valence-corrected chi connectivity index (χ1v) is 16.3. The molecule has 4 aliphatic heterocycles. The number of nitrogen functional groups attached to an aromatic ring is 1. The number of aryl methyl sites for hydroxylation is 1. The molecule has 0 aromatic heterocycles. The van der Waals surface area contributed by atoms with Gasteiger partial charge in [0, 0.05) is 83.2 Å². The average Bonchev–Trinajstić information content (AvgIpc) is 3.03. The molecule has 3 amide bonds. The van der Waals surface area contributed by atoms with E-state index in [1.54, 1.807) is 11.0 Å². The number of carbonyl (C=O) groups excluding carboxylic acids is 3. The summed E-state index contributed by atoms with van der Waals surface area (Å²) in [6, 6.07) is 11.7. The maximum absolute atomic E-state index is 14.0. The Morgan fingerprint density at radius 3 is 2.42 bits per heavy atom. The van der Waals surface area contributed by atoms with Gasteiger partial charge >= 0.3 is 12.2 Å². The molecule has 12 heteroatoms. The van der Waals surface area contributed by atoms with Crippen LogP contribution in [-0.4, -0.2) is 109 Å². The number of piperidine rings is 2. The Kier molecular flexibility index (Phi) is 9.12. The normalized spacial score (nSPS) is 21.5. The molecule has 0 saturated carbocycles. The van der Waals surface area contributed by atoms with Crippen LogP contribution >= 0.6 is 11.6 Å². The number of hydrogen-bond acceptors (Lipinski definition) is 8. The second-order valence-electron chi connectivity index (χ2n) is 12.8. The van der Waals surface area contributed by atoms with E-state index < -0.39 is 23.9 Å². The summed E-state index contributed by atoms with van der Waals surface area (Å²) in [6.07, 6.45) is 0.781. The lowest BCUT2D eigenvalue weighted by atomic mass is 9.82. The molecule has 4 heterocycles. The fourth-order valence-electron chi connectivity index (χ4n) is 7.16. The Bertz CT molecular complexity index is 1410. The summed E-state index contributed by atoms with van der Waals surface area (Å²) in [5.74, 6) is -0.194. The first-order valence-electron chi connectivity index (χ1n) is 15.9. The minimum atomic E-state index is -1.01. The molecule has 3 fully saturated rings. The number of hydrogen-bond donors (Lipinski definition) is 2. The van der Waals surface area contributed by atoms with Crippen LogP contribution in [0.4, 0.5) is 21.0 Å². The smallest absolute Gasteiger partial charge is 0.412 e. The van der Waals surface area contributed by atoms with Crippen molar-refractivity contribution >= 4 is 41.1 Å². The lowest BCUT2D eigenvalue weighted by molar-refractivity contribution is -0.143. The third-order valence-electron chi connectivity index (χ3n) is 9.94. The molecule has 4 aliphatic rings. The SMILES string of the molecule is Cc1cc(C[C@@H](OC(=O)N2CCC3(CC2)OC(=O)Nc2ccccc23)C(=O)N2CCC(N3CCN(C)CC3)CC2)cc(Cl)c1N. The first-order chi connectivity index (χ1) is 21.6. The molecule has 1 atom stereocenters. The van der Waals surface area contributed by atoms with Crippen LogP contribution in [0, 0.1) is 6.92 Å². The van der Waals surface area contributed by atoms with E-state index in [2.05, 4.69) is 22.2 Å². The van der Waals surface area contributed by atoms with Gasteiger partial charge in [0.25, 0.3) is 5.91 Å². The monoisotopic (exact) mass is 638 g/mol. The van der Waals surface area contributed by atoms with Crippen molar-refractivity contribution in [2.75, 3.05) is 70.5 Å². The van der Waals surface area contributed by atoms with Crippen molar-refractivity contribution < 1.29 is 23.9 Å². The first kappa shape index (κ1) is 31.4. The predicted octanol–water partition coefficient (Wildman–Crippen LogP) is 4.07. The highest BCUT2D eigenvalue weighted by Crippen LogP contribution is 2.43. The Hall–Kier alpha value is -3.54. The number of nitrogens with one attached hydrogen (secondary N) is 1. The van der Waals surface area contributed by atoms with Crippen molar-refractivity contribution in [2.45, 2.75) is 56.8 Å². The highest BCUT2D eigenvalue weighted by Gasteiger charge is 2.46. The van der Waals surface area contributed by atoms with E-state index in [1.165, 1.54) is 0 Å². The van der Waals surface area contributed by atoms with Crippen molar-refractivity contribution in [1.29, 1.82) is 0 Å². The van der Waals surface area contributed by atoms with Gasteiger partial charge in [0.15, 0.2) is 6.10 Å². The number of amides is 3. The van der Waals surface area contributed by atoms with E-state index in [1.807, 2.05) is 42.2 Å². The highest BCUT2D eigenvalue weighted by atomic mass is 35.5. The number of para-hydroxylation sites is 1. The number of fused-ring (bicyclic) bond motifs is 2. The standard InChI is InChI=1S/C33H43ClN6O5/c1-22-19-23(20-26(34)29(22)35)21-28(30(41)39-11-7-24(8-12-39)38-17-15-37(2)16-18-38)44-32(43)40-13-9-33(10-14-40)25-5-3-4-6-27(25)36-31(42)45-33/h3-6,19-20,24,28H,7-18,21,35H2,1-2H3,(H,36,42)/t28-/m1/s1. The summed E-state index contributed by atoms with van der Waals surface area (Å²) >= 11 is 6.39. The molecule has 6 rings (SSSR count). The molecule has 0 radical (unpaired) electrons. The summed E-state index contributed by atoms with van der Waals surface area (Å²) in [6.45, 7) is 7.97. The van der Waals surface area contributed by atoms with Gasteiger partial charge < -0.3 is 29.9 Å². The van der Waals surface area contributed by atoms with E-state index in [0.717, 1.165) is 61.4 Å². The van der Waals surface area contributed by atoms with Crippen LogP contribution in [0.5, 0.6) is 0 Å². The van der Waals surface area contributed by atoms with E-state index in [-0.39, 0.29) is 12.3 Å². The van der Waals surface area contributed by atoms with Crippen LogP contribution in [0.1, 0.15) is 42.4 Å². The van der Waals surface area contributed by atoms with Gasteiger partial charge in [-0.05, 0) is 50.1 Å². The fourth-order valence-corrected chi connectivity index (χ4v) is 7.44. The number of ether oxygens (including phenoxy) is 2. The van der Waals surface area contributed by atoms with Crippen molar-refractivity contribution in [2.24, 2.45) is 0 Å². The molecule has 0 aliphatic carbocycles. The Balaban J connectivity index is 1.13. The van der Waals surface area contributed by atoms with E-state index >= 15 is 0 Å². The number of nitrogens with zero attached hydrogens (tertiary/aromatic N) is 4. The lowest BCUT2D eigenvalue weighted by Gasteiger charge is -2.44. The largest absolute Gasteiger partial charge is 0.438 e. The maximum Gasteiger partial charge on any atom is 0.412 e. The second-order valence-corrected chi connectivity index (χ2v) is 13.2. The molecule has 3 saturated heterocycles. The second kappa shape index (κ2) is 13.1. The molecular formula is C33H43ClN6O5. The van der Waals surface area contributed by atoms with Crippen molar-refractivity contribution in [1.82, 2.24) is 19.6 Å². The maximum atomic E-state index is 14.0. The summed E-state index contributed by atoms with van der Waals surface area (Å²) in [4.78, 5) is 48.3. The predicted molar refractivity (Wildman–Crippen MR) is 172 cm³/mol. The molecule has 11 nitrogen and oxygen atoms in total. The fraction of sp³-hybridized carbons (Fsp3) is 0.545. The number of benzene rings is 2. The molecule has 0 bridgehead atoms. The number of anilines is 2. The van der Waals surface area contributed by atoms with Crippen molar-refractivity contribution in [3.63, 3.8) is 0 Å². The highest BCUT2D eigenvalue weighted by molar-refractivity contribution is 6.33. The van der Waals surface area contributed by atoms with Crippen molar-refractivity contribution in [3.05, 3.63) is 58.1 Å². The van der Waals surface area contributed by atoms with E-state index in [0.29, 0.717) is 55.8 Å². The van der Waals surface area contributed by atoms with Gasteiger partial charge in [-0.1, -0.05) is 35.9 Å². The molecule has 2 aromatic rings. The van der Waals surface area contributed by atoms with Crippen LogP contribution in [0.3, 0.4) is 0 Å². The molecule has 3 N–H and O–H groups in total. The number of nitrogens with two attached hydrogens (primary N) is 1. The number of carbonyl (C=O) groups is 3. The number of piperazine rings is 1. The number of likely N-dealkylation sites (N-methyl/N-ethyl adjacent to an activating group) is 1. The van der Waals surface area contributed by atoms with Gasteiger partial charge in [-0.15, -0.1) is 0 Å². The zero-order chi connectivity index (χ0) is 31.7. The molecule has 1 spiro atoms. The van der Waals surface area contributed by atoms with Gasteiger partial charge in [0.1, 0.15) is 5.60 Å². The van der Waals surface area contributed by atoms with Gasteiger partial charge in [0.2, 0.25) is 0 Å². The topological polar surface area (TPSA) is 121 Å². The lowest BCUT2D eigenvalue weighted by Crippen LogP contribution is -2.54. The van der Waals surface area contributed by atoms with E-state index in [9.17, 15) is 14.4 Å². The molecule has 2 aromatic carbocycles. The Morgan fingerprint density at radius 2 is 1.73 bits per heavy atom. The molecular weight excluding hydrogens is 596 g/mol. The third-order valence-corrected chi connectivity index (χ3v) is 10.3. The van der Waals surface area contributed by atoms with E-state index in [4.69, 9.17) is 26.8 Å². The van der Waals surface area contributed by atoms with Gasteiger partial charge in [-0.2, -0.15) is 0 Å². The van der Waals surface area contributed by atoms with Crippen LogP contribution in [-0.2, 0) is 26.3 Å². The third kappa shape index (κ3) is 6.71. The van der Waals surface area contributed by atoms with Crippen LogP contribution in [0.25, 0.3) is 0 Å². The summed E-state index contributed by atoms with van der Waals surface area (Å²) in [5.41, 5.74) is 8.98. The van der Waals surface area contributed by atoms with Gasteiger partial charge in [-0.3, -0.25) is 15.0 Å². The van der Waals surface area contributed by atoms with Crippen LogP contribution in [0.15, 0.2) is 36.4 Å². The molecule has 45 heavy (non-hydrogen) atoms.